The number of anilines is 1. The molecule has 0 spiro atoms. The SMILES string of the molecule is C=CCn1c(COc2ccc(OC)cc2)nnc1SCC(=O)Nc1ccc(Br)cc1C. The summed E-state index contributed by atoms with van der Waals surface area (Å²) in [6.45, 7) is 6.51. The smallest absolute Gasteiger partial charge is 0.234 e. The molecule has 1 amide bonds. The number of thioether (sulfide) groups is 1. The molecule has 2 aromatic carbocycles. The molecule has 0 unspecified atom stereocenters. The van der Waals surface area contributed by atoms with Gasteiger partial charge in [-0.3, -0.25) is 9.36 Å². The van der Waals surface area contributed by atoms with Crippen molar-refractivity contribution in [2.45, 2.75) is 25.2 Å². The maximum Gasteiger partial charge on any atom is 0.234 e. The zero-order valence-electron chi connectivity index (χ0n) is 17.3. The van der Waals surface area contributed by atoms with E-state index in [2.05, 4.69) is 38.0 Å². The number of ether oxygens (including phenoxy) is 2. The Bertz CT molecular complexity index is 1050. The maximum atomic E-state index is 12.4. The minimum Gasteiger partial charge on any atom is -0.497 e. The van der Waals surface area contributed by atoms with Crippen molar-refractivity contribution in [3.63, 3.8) is 0 Å². The summed E-state index contributed by atoms with van der Waals surface area (Å²) in [4.78, 5) is 12.4. The van der Waals surface area contributed by atoms with Crippen LogP contribution in [-0.4, -0.2) is 33.5 Å². The van der Waals surface area contributed by atoms with Crippen molar-refractivity contribution in [3.05, 3.63) is 71.0 Å². The lowest BCUT2D eigenvalue weighted by Crippen LogP contribution is -2.15. The third-order valence-corrected chi connectivity index (χ3v) is 5.79. The second-order valence-electron chi connectivity index (χ2n) is 6.56. The molecule has 31 heavy (non-hydrogen) atoms. The van der Waals surface area contributed by atoms with Crippen molar-refractivity contribution in [1.82, 2.24) is 14.8 Å². The number of nitrogens with zero attached hydrogens (tertiary/aromatic N) is 3. The van der Waals surface area contributed by atoms with Gasteiger partial charge in [-0.2, -0.15) is 0 Å². The lowest BCUT2D eigenvalue weighted by molar-refractivity contribution is -0.113. The largest absolute Gasteiger partial charge is 0.497 e. The number of carbonyl (C=O) groups is 1. The molecule has 0 aliphatic carbocycles. The van der Waals surface area contributed by atoms with Crippen LogP contribution in [0.5, 0.6) is 11.5 Å². The van der Waals surface area contributed by atoms with E-state index in [1.165, 1.54) is 11.8 Å². The molecule has 0 bridgehead atoms. The summed E-state index contributed by atoms with van der Waals surface area (Å²) in [5.41, 5.74) is 1.77. The Kier molecular flexibility index (Phi) is 8.13. The van der Waals surface area contributed by atoms with Gasteiger partial charge in [0.25, 0.3) is 0 Å². The Hall–Kier alpha value is -2.78. The van der Waals surface area contributed by atoms with Crippen LogP contribution < -0.4 is 14.8 Å². The third-order valence-electron chi connectivity index (χ3n) is 4.33. The van der Waals surface area contributed by atoms with Crippen molar-refractivity contribution in [2.24, 2.45) is 0 Å². The van der Waals surface area contributed by atoms with Crippen molar-refractivity contribution in [2.75, 3.05) is 18.2 Å². The fourth-order valence-corrected chi connectivity index (χ4v) is 3.99. The number of benzene rings is 2. The first-order valence-electron chi connectivity index (χ1n) is 9.48. The normalized spacial score (nSPS) is 10.5. The van der Waals surface area contributed by atoms with Gasteiger partial charge in [0.05, 0.1) is 12.9 Å². The van der Waals surface area contributed by atoms with Gasteiger partial charge >= 0.3 is 0 Å². The standard InChI is InChI=1S/C22H23BrN4O3S/c1-4-11-27-20(13-30-18-8-6-17(29-3)7-9-18)25-26-22(27)31-14-21(28)24-19-10-5-16(23)12-15(19)2/h4-10,12H,1,11,13-14H2,2-3H3,(H,24,28). The maximum absolute atomic E-state index is 12.4. The average molecular weight is 503 g/mol. The van der Waals surface area contributed by atoms with E-state index in [0.29, 0.717) is 23.3 Å². The molecule has 9 heteroatoms. The van der Waals surface area contributed by atoms with E-state index < -0.39 is 0 Å². The van der Waals surface area contributed by atoms with Gasteiger partial charge in [-0.15, -0.1) is 16.8 Å². The molecular weight excluding hydrogens is 480 g/mol. The highest BCUT2D eigenvalue weighted by Gasteiger charge is 2.15. The van der Waals surface area contributed by atoms with E-state index in [0.717, 1.165) is 21.5 Å². The van der Waals surface area contributed by atoms with Gasteiger partial charge in [0.2, 0.25) is 5.91 Å². The quantitative estimate of drug-likeness (QED) is 0.315. The number of methoxy groups -OCH3 is 1. The third kappa shape index (κ3) is 6.35. The molecule has 3 aromatic rings. The highest BCUT2D eigenvalue weighted by molar-refractivity contribution is 9.10. The molecular formula is C22H23BrN4O3S. The van der Waals surface area contributed by atoms with E-state index in [4.69, 9.17) is 9.47 Å². The average Bonchev–Trinajstić information content (AvgIpc) is 3.15. The number of aromatic nitrogens is 3. The highest BCUT2D eigenvalue weighted by atomic mass is 79.9. The topological polar surface area (TPSA) is 78.3 Å². The molecule has 0 saturated carbocycles. The van der Waals surface area contributed by atoms with Gasteiger partial charge < -0.3 is 14.8 Å². The van der Waals surface area contributed by atoms with Crippen LogP contribution >= 0.6 is 27.7 Å². The van der Waals surface area contributed by atoms with Crippen LogP contribution in [0.1, 0.15) is 11.4 Å². The minimum absolute atomic E-state index is 0.111. The number of amides is 1. The van der Waals surface area contributed by atoms with Gasteiger partial charge in [-0.05, 0) is 55.0 Å². The molecule has 1 heterocycles. The molecule has 0 atom stereocenters. The van der Waals surface area contributed by atoms with Gasteiger partial charge in [-0.1, -0.05) is 33.8 Å². The number of allylic oxidation sites excluding steroid dienone is 1. The zero-order chi connectivity index (χ0) is 22.2. The molecule has 162 valence electrons. The summed E-state index contributed by atoms with van der Waals surface area (Å²) in [7, 11) is 1.62. The number of halogens is 1. The second-order valence-corrected chi connectivity index (χ2v) is 8.42. The first-order chi connectivity index (χ1) is 15.0. The van der Waals surface area contributed by atoms with Gasteiger partial charge in [0.15, 0.2) is 11.0 Å². The van der Waals surface area contributed by atoms with Crippen molar-refractivity contribution < 1.29 is 14.3 Å². The minimum atomic E-state index is -0.111. The summed E-state index contributed by atoms with van der Waals surface area (Å²) in [6, 6.07) is 13.0. The lowest BCUT2D eigenvalue weighted by atomic mass is 10.2. The van der Waals surface area contributed by atoms with Gasteiger partial charge in [0, 0.05) is 16.7 Å². The molecule has 0 aliphatic rings. The molecule has 1 N–H and O–H groups in total. The first-order valence-corrected chi connectivity index (χ1v) is 11.3. The molecule has 0 aliphatic heterocycles. The van der Waals surface area contributed by atoms with Gasteiger partial charge in [-0.25, -0.2) is 0 Å². The monoisotopic (exact) mass is 502 g/mol. The van der Waals surface area contributed by atoms with Crippen LogP contribution in [0.4, 0.5) is 5.69 Å². The van der Waals surface area contributed by atoms with E-state index in [1.54, 1.807) is 13.2 Å². The molecule has 3 rings (SSSR count). The lowest BCUT2D eigenvalue weighted by Gasteiger charge is -2.10. The molecule has 0 radical (unpaired) electrons. The Balaban J connectivity index is 1.61. The van der Waals surface area contributed by atoms with Crippen molar-refractivity contribution in [3.8, 4) is 11.5 Å². The number of nitrogens with one attached hydrogen (secondary N) is 1. The van der Waals surface area contributed by atoms with Crippen molar-refractivity contribution in [1.29, 1.82) is 0 Å². The van der Waals surface area contributed by atoms with Crippen LogP contribution in [0.25, 0.3) is 0 Å². The van der Waals surface area contributed by atoms with Crippen LogP contribution in [0.3, 0.4) is 0 Å². The first kappa shape index (κ1) is 22.9. The van der Waals surface area contributed by atoms with Crippen LogP contribution in [0.15, 0.2) is 64.7 Å². The number of aryl methyl sites for hydroxylation is 1. The fraction of sp³-hybridized carbons (Fsp3) is 0.227. The fourth-order valence-electron chi connectivity index (χ4n) is 2.75. The van der Waals surface area contributed by atoms with E-state index in [9.17, 15) is 4.79 Å². The number of hydrogen-bond acceptors (Lipinski definition) is 6. The summed E-state index contributed by atoms with van der Waals surface area (Å²) in [6.07, 6.45) is 1.76. The van der Waals surface area contributed by atoms with E-state index in [1.807, 2.05) is 54.0 Å². The molecule has 0 fully saturated rings. The van der Waals surface area contributed by atoms with Crippen LogP contribution in [0, 0.1) is 6.92 Å². The summed E-state index contributed by atoms with van der Waals surface area (Å²) < 4.78 is 13.8. The summed E-state index contributed by atoms with van der Waals surface area (Å²) in [5, 5.41) is 12.0. The van der Waals surface area contributed by atoms with E-state index >= 15 is 0 Å². The predicted octanol–water partition coefficient (Wildman–Crippen LogP) is 4.85. The Morgan fingerprint density at radius 2 is 1.97 bits per heavy atom. The number of carbonyl (C=O) groups excluding carboxylic acids is 1. The Morgan fingerprint density at radius 1 is 1.23 bits per heavy atom. The predicted molar refractivity (Wildman–Crippen MR) is 126 cm³/mol. The van der Waals surface area contributed by atoms with E-state index in [-0.39, 0.29) is 18.3 Å². The summed E-state index contributed by atoms with van der Waals surface area (Å²) in [5.74, 6) is 2.22. The second kappa shape index (κ2) is 11.0. The Morgan fingerprint density at radius 3 is 2.65 bits per heavy atom. The van der Waals surface area contributed by atoms with Crippen LogP contribution in [-0.2, 0) is 17.9 Å². The summed E-state index contributed by atoms with van der Waals surface area (Å²) >= 11 is 4.74. The van der Waals surface area contributed by atoms with Crippen molar-refractivity contribution >= 4 is 39.3 Å². The molecule has 7 nitrogen and oxygen atoms in total. The number of hydrogen-bond donors (Lipinski definition) is 1. The molecule has 1 aromatic heterocycles. The van der Waals surface area contributed by atoms with Crippen LogP contribution in [0.2, 0.25) is 0 Å². The van der Waals surface area contributed by atoms with Gasteiger partial charge in [0.1, 0.15) is 18.1 Å². The highest BCUT2D eigenvalue weighted by Crippen LogP contribution is 2.23. The number of rotatable bonds is 10. The molecule has 0 saturated heterocycles. The zero-order valence-corrected chi connectivity index (χ0v) is 19.7. The Labute approximate surface area is 194 Å².